The zero-order valence-corrected chi connectivity index (χ0v) is 9.92. The van der Waals surface area contributed by atoms with Crippen LogP contribution >= 0.6 is 0 Å². The fourth-order valence-electron chi connectivity index (χ4n) is 1.83. The van der Waals surface area contributed by atoms with Gasteiger partial charge in [0.1, 0.15) is 5.75 Å². The second-order valence-corrected chi connectivity index (χ2v) is 3.76. The van der Waals surface area contributed by atoms with Gasteiger partial charge in [0.15, 0.2) is 0 Å². The van der Waals surface area contributed by atoms with E-state index in [1.165, 1.54) is 0 Å². The summed E-state index contributed by atoms with van der Waals surface area (Å²) in [4.78, 5) is 0. The molecule has 0 amide bonds. The van der Waals surface area contributed by atoms with E-state index in [9.17, 15) is 0 Å². The number of aromatic nitrogens is 2. The van der Waals surface area contributed by atoms with Crippen molar-refractivity contribution in [1.82, 2.24) is 15.2 Å². The molecule has 0 aliphatic heterocycles. The number of nitrogens with two attached hydrogens (primary N) is 1. The predicted molar refractivity (Wildman–Crippen MR) is 65.4 cm³/mol. The van der Waals surface area contributed by atoms with Crippen molar-refractivity contribution in [3.63, 3.8) is 0 Å². The van der Waals surface area contributed by atoms with Crippen LogP contribution in [0.15, 0.2) is 36.5 Å². The third kappa shape index (κ3) is 2.30. The van der Waals surface area contributed by atoms with Gasteiger partial charge in [-0.05, 0) is 12.1 Å². The Balaban J connectivity index is 2.41. The van der Waals surface area contributed by atoms with Crippen LogP contribution in [0.5, 0.6) is 5.75 Å². The molecule has 90 valence electrons. The smallest absolute Gasteiger partial charge is 0.124 e. The van der Waals surface area contributed by atoms with Crippen LogP contribution in [0, 0.1) is 0 Å². The lowest BCUT2D eigenvalue weighted by atomic mass is 10.0. The lowest BCUT2D eigenvalue weighted by molar-refractivity contribution is 0.403. The van der Waals surface area contributed by atoms with Gasteiger partial charge in [-0.1, -0.05) is 18.2 Å². The molecule has 0 fully saturated rings. The van der Waals surface area contributed by atoms with Crippen LogP contribution in [0.25, 0.3) is 0 Å². The highest BCUT2D eigenvalue weighted by Crippen LogP contribution is 2.28. The maximum Gasteiger partial charge on any atom is 0.124 e. The van der Waals surface area contributed by atoms with Crippen molar-refractivity contribution in [3.8, 4) is 5.75 Å². The van der Waals surface area contributed by atoms with Gasteiger partial charge >= 0.3 is 0 Å². The summed E-state index contributed by atoms with van der Waals surface area (Å²) in [6.07, 6.45) is 1.88. The summed E-state index contributed by atoms with van der Waals surface area (Å²) >= 11 is 0. The van der Waals surface area contributed by atoms with Crippen LogP contribution in [-0.2, 0) is 7.05 Å². The topological polar surface area (TPSA) is 65.1 Å². The van der Waals surface area contributed by atoms with E-state index in [0.717, 1.165) is 17.0 Å². The lowest BCUT2D eigenvalue weighted by Crippen LogP contribution is -2.29. The summed E-state index contributed by atoms with van der Waals surface area (Å²) in [5, 5.41) is 4.35. The van der Waals surface area contributed by atoms with E-state index >= 15 is 0 Å². The number of ether oxygens (including phenoxy) is 1. The fraction of sp³-hybridized carbons (Fsp3) is 0.250. The van der Waals surface area contributed by atoms with Crippen LogP contribution < -0.4 is 16.0 Å². The Labute approximate surface area is 100 Å². The standard InChI is InChI=1S/C12H16N4O/c1-16-8-7-10(15-16)12(14-13)9-5-3-4-6-11(9)17-2/h3-8,12,14H,13H2,1-2H3. The summed E-state index contributed by atoms with van der Waals surface area (Å²) in [7, 11) is 3.52. The van der Waals surface area contributed by atoms with E-state index in [4.69, 9.17) is 10.6 Å². The Morgan fingerprint density at radius 3 is 2.71 bits per heavy atom. The highest BCUT2D eigenvalue weighted by molar-refractivity contribution is 5.39. The first kappa shape index (κ1) is 11.6. The molecule has 0 aliphatic rings. The van der Waals surface area contributed by atoms with E-state index in [-0.39, 0.29) is 6.04 Å². The van der Waals surface area contributed by atoms with Gasteiger partial charge in [0.2, 0.25) is 0 Å². The maximum atomic E-state index is 5.61. The zero-order valence-electron chi connectivity index (χ0n) is 9.92. The van der Waals surface area contributed by atoms with E-state index in [1.807, 2.05) is 43.6 Å². The van der Waals surface area contributed by atoms with Gasteiger partial charge in [0, 0.05) is 18.8 Å². The molecular formula is C12H16N4O. The average molecular weight is 232 g/mol. The van der Waals surface area contributed by atoms with Crippen molar-refractivity contribution in [3.05, 3.63) is 47.8 Å². The molecule has 17 heavy (non-hydrogen) atoms. The minimum absolute atomic E-state index is 0.174. The Bertz CT molecular complexity index is 495. The van der Waals surface area contributed by atoms with Gasteiger partial charge in [-0.3, -0.25) is 10.5 Å². The molecule has 2 aromatic rings. The molecule has 0 radical (unpaired) electrons. The third-order valence-corrected chi connectivity index (χ3v) is 2.65. The van der Waals surface area contributed by atoms with Crippen LogP contribution in [0.3, 0.4) is 0 Å². The Morgan fingerprint density at radius 1 is 1.35 bits per heavy atom. The molecule has 1 atom stereocenters. The zero-order chi connectivity index (χ0) is 12.3. The first-order valence-electron chi connectivity index (χ1n) is 5.35. The maximum absolute atomic E-state index is 5.61. The Kier molecular flexibility index (Phi) is 3.41. The molecule has 5 nitrogen and oxygen atoms in total. The first-order chi connectivity index (χ1) is 8.26. The Morgan fingerprint density at radius 2 is 2.12 bits per heavy atom. The van der Waals surface area contributed by atoms with Gasteiger partial charge in [-0.25, -0.2) is 5.43 Å². The molecule has 3 N–H and O–H groups in total. The quantitative estimate of drug-likeness (QED) is 0.609. The molecule has 0 spiro atoms. The molecule has 1 aromatic heterocycles. The van der Waals surface area contributed by atoms with Crippen LogP contribution in [0.4, 0.5) is 0 Å². The van der Waals surface area contributed by atoms with Gasteiger partial charge < -0.3 is 4.74 Å². The molecule has 0 aliphatic carbocycles. The molecule has 2 rings (SSSR count). The van der Waals surface area contributed by atoms with Crippen molar-refractivity contribution < 1.29 is 4.74 Å². The van der Waals surface area contributed by atoms with Gasteiger partial charge in [0.05, 0.1) is 18.8 Å². The Hall–Kier alpha value is -1.85. The van der Waals surface area contributed by atoms with E-state index in [0.29, 0.717) is 0 Å². The predicted octanol–water partition coefficient (Wildman–Crippen LogP) is 0.981. The van der Waals surface area contributed by atoms with Gasteiger partial charge in [-0.2, -0.15) is 5.10 Å². The number of rotatable bonds is 4. The van der Waals surface area contributed by atoms with Crippen molar-refractivity contribution in [2.45, 2.75) is 6.04 Å². The van der Waals surface area contributed by atoms with E-state index in [2.05, 4.69) is 10.5 Å². The molecule has 0 bridgehead atoms. The lowest BCUT2D eigenvalue weighted by Gasteiger charge is -2.17. The molecule has 1 aromatic carbocycles. The summed E-state index contributed by atoms with van der Waals surface area (Å²) in [6.45, 7) is 0. The number of nitrogens with zero attached hydrogens (tertiary/aromatic N) is 2. The van der Waals surface area contributed by atoms with E-state index in [1.54, 1.807) is 11.8 Å². The number of aryl methyl sites for hydroxylation is 1. The van der Waals surface area contributed by atoms with Gasteiger partial charge in [0.25, 0.3) is 0 Å². The van der Waals surface area contributed by atoms with Crippen molar-refractivity contribution in [1.29, 1.82) is 0 Å². The van der Waals surface area contributed by atoms with Crippen LogP contribution in [0.1, 0.15) is 17.3 Å². The van der Waals surface area contributed by atoms with Crippen LogP contribution in [0.2, 0.25) is 0 Å². The van der Waals surface area contributed by atoms with Crippen molar-refractivity contribution >= 4 is 0 Å². The molecule has 0 saturated carbocycles. The number of hydrazine groups is 1. The van der Waals surface area contributed by atoms with Gasteiger partial charge in [-0.15, -0.1) is 0 Å². The molecule has 1 unspecified atom stereocenters. The fourth-order valence-corrected chi connectivity index (χ4v) is 1.83. The summed E-state index contributed by atoms with van der Waals surface area (Å²) in [5.41, 5.74) is 4.60. The highest BCUT2D eigenvalue weighted by atomic mass is 16.5. The molecular weight excluding hydrogens is 216 g/mol. The number of benzene rings is 1. The SMILES string of the molecule is COc1ccccc1C(NN)c1ccn(C)n1. The summed E-state index contributed by atoms with van der Waals surface area (Å²) in [6, 6.07) is 9.50. The number of hydrogen-bond acceptors (Lipinski definition) is 4. The molecule has 5 heteroatoms. The van der Waals surface area contributed by atoms with Crippen molar-refractivity contribution in [2.24, 2.45) is 12.9 Å². The normalized spacial score (nSPS) is 12.4. The number of para-hydroxylation sites is 1. The number of methoxy groups -OCH3 is 1. The first-order valence-corrected chi connectivity index (χ1v) is 5.35. The largest absolute Gasteiger partial charge is 0.496 e. The molecule has 1 heterocycles. The molecule has 0 saturated heterocycles. The van der Waals surface area contributed by atoms with Crippen molar-refractivity contribution in [2.75, 3.05) is 7.11 Å². The van der Waals surface area contributed by atoms with E-state index < -0.39 is 0 Å². The monoisotopic (exact) mass is 232 g/mol. The average Bonchev–Trinajstić information content (AvgIpc) is 2.77. The minimum Gasteiger partial charge on any atom is -0.496 e. The second-order valence-electron chi connectivity index (χ2n) is 3.76. The minimum atomic E-state index is -0.174. The highest BCUT2D eigenvalue weighted by Gasteiger charge is 2.18. The third-order valence-electron chi connectivity index (χ3n) is 2.65. The summed E-state index contributed by atoms with van der Waals surface area (Å²) < 4.78 is 7.07. The van der Waals surface area contributed by atoms with Crippen LogP contribution in [-0.4, -0.2) is 16.9 Å². The number of hydrogen-bond donors (Lipinski definition) is 2. The second kappa shape index (κ2) is 4.99. The summed E-state index contributed by atoms with van der Waals surface area (Å²) in [5.74, 6) is 6.41. The number of nitrogens with one attached hydrogen (secondary N) is 1.